The maximum Gasteiger partial charge on any atom is 0.0393 e. The maximum absolute atomic E-state index is 3.57. The maximum atomic E-state index is 3.57. The van der Waals surface area contributed by atoms with Gasteiger partial charge < -0.3 is 10.2 Å². The molecule has 0 amide bonds. The van der Waals surface area contributed by atoms with E-state index in [1.54, 1.807) is 0 Å². The van der Waals surface area contributed by atoms with E-state index < -0.39 is 0 Å². The summed E-state index contributed by atoms with van der Waals surface area (Å²) in [5, 5.41) is 3.57. The van der Waals surface area contributed by atoms with Gasteiger partial charge in [0, 0.05) is 25.3 Å². The summed E-state index contributed by atoms with van der Waals surface area (Å²) in [6.07, 6.45) is 6.73. The normalized spacial score (nSPS) is 14.8. The minimum absolute atomic E-state index is 0.861. The summed E-state index contributed by atoms with van der Waals surface area (Å²) in [4.78, 5) is 2.38. The molecule has 1 aromatic rings. The molecule has 0 aliphatic heterocycles. The molecule has 0 radical (unpaired) electrons. The van der Waals surface area contributed by atoms with Crippen LogP contribution in [0.15, 0.2) is 24.3 Å². The van der Waals surface area contributed by atoms with Crippen molar-refractivity contribution >= 4 is 5.69 Å². The van der Waals surface area contributed by atoms with Gasteiger partial charge in [-0.15, -0.1) is 0 Å². The highest BCUT2D eigenvalue weighted by molar-refractivity contribution is 5.52. The largest absolute Gasteiger partial charge is 0.374 e. The van der Waals surface area contributed by atoms with E-state index in [0.717, 1.165) is 12.6 Å². The van der Waals surface area contributed by atoms with Gasteiger partial charge >= 0.3 is 0 Å². The molecule has 0 unspecified atom stereocenters. The van der Waals surface area contributed by atoms with Crippen molar-refractivity contribution < 1.29 is 0 Å². The molecule has 18 heavy (non-hydrogen) atoms. The molecule has 1 aliphatic rings. The number of anilines is 1. The third-order valence-electron chi connectivity index (χ3n) is 3.71. The summed E-state index contributed by atoms with van der Waals surface area (Å²) < 4.78 is 0. The second-order valence-electron chi connectivity index (χ2n) is 5.50. The molecule has 0 heterocycles. The number of nitrogens with one attached hydrogen (secondary N) is 1. The highest BCUT2D eigenvalue weighted by Crippen LogP contribution is 2.19. The predicted octanol–water partition coefficient (Wildman–Crippen LogP) is 3.35. The molecule has 0 aromatic heterocycles. The van der Waals surface area contributed by atoms with Gasteiger partial charge in [-0.2, -0.15) is 0 Å². The molecule has 1 aliphatic carbocycles. The van der Waals surface area contributed by atoms with Crippen molar-refractivity contribution in [2.45, 2.75) is 45.1 Å². The van der Waals surface area contributed by atoms with Gasteiger partial charge in [0.05, 0.1) is 0 Å². The third kappa shape index (κ3) is 4.34. The van der Waals surface area contributed by atoms with Crippen LogP contribution in [-0.4, -0.2) is 26.2 Å². The molecule has 0 saturated heterocycles. The van der Waals surface area contributed by atoms with Gasteiger partial charge in [-0.1, -0.05) is 24.6 Å². The van der Waals surface area contributed by atoms with Crippen molar-refractivity contribution in [3.05, 3.63) is 29.8 Å². The van der Waals surface area contributed by atoms with Crippen LogP contribution in [0, 0.1) is 6.92 Å². The highest BCUT2D eigenvalue weighted by atomic mass is 15.1. The standard InChI is InChI=1S/C16H26N2/c1-14-8-4-5-9-16(14)18(2)13-7-3-6-12-17-15-10-11-15/h4-5,8-9,15,17H,3,6-7,10-13H2,1-2H3. The Labute approximate surface area is 111 Å². The van der Waals surface area contributed by atoms with E-state index in [-0.39, 0.29) is 0 Å². The fourth-order valence-corrected chi connectivity index (χ4v) is 2.36. The fourth-order valence-electron chi connectivity index (χ4n) is 2.36. The molecule has 2 nitrogen and oxygen atoms in total. The second-order valence-corrected chi connectivity index (χ2v) is 5.50. The molecule has 1 N–H and O–H groups in total. The van der Waals surface area contributed by atoms with Crippen molar-refractivity contribution in [1.29, 1.82) is 0 Å². The molecule has 100 valence electrons. The lowest BCUT2D eigenvalue weighted by atomic mass is 10.1. The molecule has 2 rings (SSSR count). The zero-order valence-corrected chi connectivity index (χ0v) is 11.8. The molecular weight excluding hydrogens is 220 g/mol. The zero-order chi connectivity index (χ0) is 12.8. The van der Waals surface area contributed by atoms with E-state index in [1.807, 2.05) is 0 Å². The zero-order valence-electron chi connectivity index (χ0n) is 11.8. The van der Waals surface area contributed by atoms with E-state index >= 15 is 0 Å². The highest BCUT2D eigenvalue weighted by Gasteiger charge is 2.19. The van der Waals surface area contributed by atoms with Gasteiger partial charge in [0.1, 0.15) is 0 Å². The fraction of sp³-hybridized carbons (Fsp3) is 0.625. The first-order valence-electron chi connectivity index (χ1n) is 7.27. The van der Waals surface area contributed by atoms with Crippen LogP contribution in [0.1, 0.15) is 37.7 Å². The van der Waals surface area contributed by atoms with Gasteiger partial charge in [0.2, 0.25) is 0 Å². The van der Waals surface area contributed by atoms with E-state index in [4.69, 9.17) is 0 Å². The summed E-state index contributed by atoms with van der Waals surface area (Å²) in [5.74, 6) is 0. The topological polar surface area (TPSA) is 15.3 Å². The SMILES string of the molecule is Cc1ccccc1N(C)CCCCCNC1CC1. The summed E-state index contributed by atoms with van der Waals surface area (Å²) in [6, 6.07) is 9.49. The lowest BCUT2D eigenvalue weighted by Gasteiger charge is -2.21. The van der Waals surface area contributed by atoms with Crippen LogP contribution in [0.2, 0.25) is 0 Å². The molecule has 1 saturated carbocycles. The van der Waals surface area contributed by atoms with Crippen molar-refractivity contribution in [3.8, 4) is 0 Å². The Balaban J connectivity index is 1.59. The predicted molar refractivity (Wildman–Crippen MR) is 79.3 cm³/mol. The molecule has 0 spiro atoms. The minimum Gasteiger partial charge on any atom is -0.374 e. The number of rotatable bonds is 8. The Hall–Kier alpha value is -1.02. The quantitative estimate of drug-likeness (QED) is 0.708. The molecule has 1 aromatic carbocycles. The molecule has 0 bridgehead atoms. The molecular formula is C16H26N2. The van der Waals surface area contributed by atoms with Crippen LogP contribution >= 0.6 is 0 Å². The second kappa shape index (κ2) is 6.79. The van der Waals surface area contributed by atoms with Gasteiger partial charge in [-0.05, 0) is 50.8 Å². The van der Waals surface area contributed by atoms with Crippen molar-refractivity contribution in [2.75, 3.05) is 25.0 Å². The summed E-state index contributed by atoms with van der Waals surface area (Å²) in [6.45, 7) is 4.55. The monoisotopic (exact) mass is 246 g/mol. The Morgan fingerprint density at radius 3 is 2.67 bits per heavy atom. The lowest BCUT2D eigenvalue weighted by Crippen LogP contribution is -2.20. The minimum atomic E-state index is 0.861. The van der Waals surface area contributed by atoms with Crippen LogP contribution in [0.25, 0.3) is 0 Å². The molecule has 2 heteroatoms. The number of hydrogen-bond acceptors (Lipinski definition) is 2. The number of hydrogen-bond donors (Lipinski definition) is 1. The molecule has 0 atom stereocenters. The number of unbranched alkanes of at least 4 members (excludes halogenated alkanes) is 2. The van der Waals surface area contributed by atoms with Crippen molar-refractivity contribution in [3.63, 3.8) is 0 Å². The van der Waals surface area contributed by atoms with Crippen LogP contribution in [0.5, 0.6) is 0 Å². The first-order chi connectivity index (χ1) is 8.77. The van der Waals surface area contributed by atoms with Crippen LogP contribution in [0.3, 0.4) is 0 Å². The van der Waals surface area contributed by atoms with Crippen molar-refractivity contribution in [2.24, 2.45) is 0 Å². The van der Waals surface area contributed by atoms with Gasteiger partial charge in [-0.3, -0.25) is 0 Å². The van der Waals surface area contributed by atoms with E-state index in [2.05, 4.69) is 48.5 Å². The lowest BCUT2D eigenvalue weighted by molar-refractivity contribution is 0.599. The number of benzene rings is 1. The van der Waals surface area contributed by atoms with Gasteiger partial charge in [0.25, 0.3) is 0 Å². The van der Waals surface area contributed by atoms with Gasteiger partial charge in [-0.25, -0.2) is 0 Å². The van der Waals surface area contributed by atoms with E-state index in [1.165, 1.54) is 49.9 Å². The summed E-state index contributed by atoms with van der Waals surface area (Å²) >= 11 is 0. The Morgan fingerprint density at radius 2 is 1.94 bits per heavy atom. The number of nitrogens with zero attached hydrogens (tertiary/aromatic N) is 1. The van der Waals surface area contributed by atoms with E-state index in [0.29, 0.717) is 0 Å². The van der Waals surface area contributed by atoms with Crippen LogP contribution in [-0.2, 0) is 0 Å². The summed E-state index contributed by atoms with van der Waals surface area (Å²) in [5.41, 5.74) is 2.74. The summed E-state index contributed by atoms with van der Waals surface area (Å²) in [7, 11) is 2.20. The van der Waals surface area contributed by atoms with Crippen molar-refractivity contribution in [1.82, 2.24) is 5.32 Å². The van der Waals surface area contributed by atoms with Gasteiger partial charge in [0.15, 0.2) is 0 Å². The first kappa shape index (κ1) is 13.4. The Morgan fingerprint density at radius 1 is 1.17 bits per heavy atom. The Bertz CT molecular complexity index is 358. The Kier molecular flexibility index (Phi) is 5.06. The number of aryl methyl sites for hydroxylation is 1. The van der Waals surface area contributed by atoms with Crippen LogP contribution in [0.4, 0.5) is 5.69 Å². The van der Waals surface area contributed by atoms with E-state index in [9.17, 15) is 0 Å². The molecule has 1 fully saturated rings. The average Bonchev–Trinajstić information content (AvgIpc) is 3.18. The number of para-hydroxylation sites is 1. The smallest absolute Gasteiger partial charge is 0.0393 e. The average molecular weight is 246 g/mol. The third-order valence-corrected chi connectivity index (χ3v) is 3.71. The van der Waals surface area contributed by atoms with Crippen LogP contribution < -0.4 is 10.2 Å². The first-order valence-corrected chi connectivity index (χ1v) is 7.27.